The molecule has 0 saturated heterocycles. The van der Waals surface area contributed by atoms with E-state index in [1.807, 2.05) is 0 Å². The first-order valence-corrected chi connectivity index (χ1v) is 23.3. The SMILES string of the molecule is c1cc[c]([Sn]2([c]3ccccc3)[S]c3ccc4ccccc4c3-c3c(ccc4ccccc34)[S]2)cc1. The molecule has 0 aliphatic carbocycles. The van der Waals surface area contributed by atoms with Gasteiger partial charge in [0.25, 0.3) is 0 Å². The van der Waals surface area contributed by atoms with E-state index in [9.17, 15) is 0 Å². The molecular weight excluding hydrogens is 567 g/mol. The van der Waals surface area contributed by atoms with Gasteiger partial charge in [0.2, 0.25) is 0 Å². The number of hydrogen-bond acceptors (Lipinski definition) is 2. The van der Waals surface area contributed by atoms with Crippen LogP contribution in [0, 0.1) is 0 Å². The van der Waals surface area contributed by atoms with Gasteiger partial charge in [-0.25, -0.2) is 0 Å². The maximum atomic E-state index is 2.39. The van der Waals surface area contributed by atoms with Crippen LogP contribution in [0.15, 0.2) is 143 Å². The summed E-state index contributed by atoms with van der Waals surface area (Å²) < 4.78 is 3.03. The van der Waals surface area contributed by atoms with Crippen LogP contribution >= 0.6 is 17.9 Å². The van der Waals surface area contributed by atoms with Crippen LogP contribution in [0.4, 0.5) is 0 Å². The van der Waals surface area contributed by atoms with E-state index in [0.29, 0.717) is 0 Å². The molecule has 0 spiro atoms. The fourth-order valence-corrected chi connectivity index (χ4v) is 32.5. The maximum absolute atomic E-state index is 3.36. The molecule has 0 amide bonds. The van der Waals surface area contributed by atoms with Gasteiger partial charge < -0.3 is 0 Å². The Morgan fingerprint density at radius 2 is 0.771 bits per heavy atom. The van der Waals surface area contributed by atoms with Crippen LogP contribution in [0.2, 0.25) is 0 Å². The molecule has 1 aliphatic rings. The summed E-state index contributed by atoms with van der Waals surface area (Å²) in [6.45, 7) is 0. The summed E-state index contributed by atoms with van der Waals surface area (Å²) in [5.41, 5.74) is 2.80. The van der Waals surface area contributed by atoms with Crippen molar-refractivity contribution in [3.05, 3.63) is 133 Å². The van der Waals surface area contributed by atoms with Crippen molar-refractivity contribution < 1.29 is 0 Å². The molecule has 0 fully saturated rings. The van der Waals surface area contributed by atoms with E-state index in [1.165, 1.54) is 49.6 Å². The summed E-state index contributed by atoms with van der Waals surface area (Å²) in [4.78, 5) is 2.82. The van der Waals surface area contributed by atoms with Gasteiger partial charge in [-0.15, -0.1) is 0 Å². The minimum atomic E-state index is -3.36. The van der Waals surface area contributed by atoms with Gasteiger partial charge in [0.05, 0.1) is 0 Å². The van der Waals surface area contributed by atoms with Crippen molar-refractivity contribution >= 4 is 62.2 Å². The van der Waals surface area contributed by atoms with Crippen LogP contribution in [-0.4, -0.2) is 15.6 Å². The fraction of sp³-hybridized carbons (Fsp3) is 0. The summed E-state index contributed by atoms with van der Waals surface area (Å²) in [6, 6.07) is 49.8. The van der Waals surface area contributed by atoms with Crippen LogP contribution in [0.1, 0.15) is 0 Å². The third kappa shape index (κ3) is 3.54. The van der Waals surface area contributed by atoms with Gasteiger partial charge in [-0.1, -0.05) is 0 Å². The van der Waals surface area contributed by atoms with Crippen molar-refractivity contribution in [3.8, 4) is 11.1 Å². The number of rotatable bonds is 2. The number of fused-ring (bicyclic) bond motifs is 7. The van der Waals surface area contributed by atoms with Crippen molar-refractivity contribution in [1.29, 1.82) is 0 Å². The van der Waals surface area contributed by atoms with E-state index < -0.39 is 15.6 Å². The first kappa shape index (κ1) is 21.6. The van der Waals surface area contributed by atoms with E-state index in [2.05, 4.69) is 151 Å². The summed E-state index contributed by atoms with van der Waals surface area (Å²) in [6.07, 6.45) is 0. The van der Waals surface area contributed by atoms with Crippen molar-refractivity contribution in [2.45, 2.75) is 9.79 Å². The Balaban J connectivity index is 1.64. The zero-order chi connectivity index (χ0) is 23.2. The molecule has 0 radical (unpaired) electrons. The van der Waals surface area contributed by atoms with Gasteiger partial charge in [0.1, 0.15) is 0 Å². The Morgan fingerprint density at radius 3 is 1.23 bits per heavy atom. The van der Waals surface area contributed by atoms with E-state index in [1.54, 1.807) is 0 Å². The van der Waals surface area contributed by atoms with E-state index in [4.69, 9.17) is 0 Å². The second-order valence-electron chi connectivity index (χ2n) is 8.87. The Bertz CT molecular complexity index is 1570. The molecule has 35 heavy (non-hydrogen) atoms. The quantitative estimate of drug-likeness (QED) is 0.187. The first-order chi connectivity index (χ1) is 17.3. The van der Waals surface area contributed by atoms with Crippen LogP contribution in [-0.2, 0) is 0 Å². The van der Waals surface area contributed by atoms with Gasteiger partial charge in [0, 0.05) is 0 Å². The van der Waals surface area contributed by atoms with E-state index in [-0.39, 0.29) is 0 Å². The van der Waals surface area contributed by atoms with Crippen molar-refractivity contribution in [2.24, 2.45) is 0 Å². The Morgan fingerprint density at radius 1 is 0.371 bits per heavy atom. The monoisotopic (exact) mass is 590 g/mol. The summed E-state index contributed by atoms with van der Waals surface area (Å²) in [5.74, 6) is 0. The molecule has 6 aromatic rings. The molecule has 0 unspecified atom stereocenters. The summed E-state index contributed by atoms with van der Waals surface area (Å²) in [7, 11) is 4.37. The molecule has 0 atom stereocenters. The summed E-state index contributed by atoms with van der Waals surface area (Å²) in [5, 5.41) is 5.30. The predicted octanol–water partition coefficient (Wildman–Crippen LogP) is 8.11. The average molecular weight is 589 g/mol. The second kappa shape index (κ2) is 8.77. The number of hydrogen-bond donors (Lipinski definition) is 0. The van der Waals surface area contributed by atoms with E-state index in [0.717, 1.165) is 0 Å². The van der Waals surface area contributed by atoms with Gasteiger partial charge in [-0.3, -0.25) is 0 Å². The molecule has 166 valence electrons. The second-order valence-corrected chi connectivity index (χ2v) is 30.4. The Labute approximate surface area is 215 Å². The van der Waals surface area contributed by atoms with Gasteiger partial charge in [0.15, 0.2) is 0 Å². The van der Waals surface area contributed by atoms with Gasteiger partial charge in [-0.2, -0.15) is 0 Å². The standard InChI is InChI=1S/C20H14S2.2C6H5.Sn/c21-17-11-9-13-5-1-3-7-15(13)19(17)20-16-8-4-2-6-14(16)10-12-18(20)22;2*1-2-4-6-5-3-1;/h1-12,21-22H;2*1-5H;/q;;;+2/p-2. The molecule has 7 rings (SSSR count). The normalized spacial score (nSPS) is 14.3. The van der Waals surface area contributed by atoms with Crippen molar-refractivity contribution in [2.75, 3.05) is 0 Å². The molecule has 0 N–H and O–H groups in total. The van der Waals surface area contributed by atoms with Crippen LogP contribution in [0.3, 0.4) is 0 Å². The molecule has 0 saturated carbocycles. The summed E-state index contributed by atoms with van der Waals surface area (Å²) >= 11 is -3.36. The Hall–Kier alpha value is -2.66. The molecular formula is C32H22S2Sn. The first-order valence-electron chi connectivity index (χ1n) is 11.9. The molecule has 6 aromatic carbocycles. The predicted molar refractivity (Wildman–Crippen MR) is 157 cm³/mol. The van der Waals surface area contributed by atoms with E-state index >= 15 is 0 Å². The third-order valence-electron chi connectivity index (χ3n) is 6.85. The topological polar surface area (TPSA) is 0 Å². The zero-order valence-electron chi connectivity index (χ0n) is 19.0. The minimum absolute atomic E-state index is 1.30. The third-order valence-corrected chi connectivity index (χ3v) is 33.2. The molecule has 0 aromatic heterocycles. The molecule has 1 aliphatic heterocycles. The zero-order valence-corrected chi connectivity index (χ0v) is 23.5. The van der Waals surface area contributed by atoms with Crippen molar-refractivity contribution in [1.82, 2.24) is 0 Å². The van der Waals surface area contributed by atoms with Gasteiger partial charge in [-0.05, 0) is 0 Å². The average Bonchev–Trinajstić information content (AvgIpc) is 3.10. The molecule has 1 heterocycles. The van der Waals surface area contributed by atoms with Gasteiger partial charge >= 0.3 is 217 Å². The van der Waals surface area contributed by atoms with Crippen LogP contribution in [0.25, 0.3) is 32.7 Å². The number of benzene rings is 6. The van der Waals surface area contributed by atoms with Crippen LogP contribution < -0.4 is 7.16 Å². The fourth-order valence-electron chi connectivity index (χ4n) is 5.24. The Kier molecular flexibility index (Phi) is 5.42. The van der Waals surface area contributed by atoms with Crippen molar-refractivity contribution in [3.63, 3.8) is 0 Å². The molecule has 3 heteroatoms. The van der Waals surface area contributed by atoms with Crippen LogP contribution in [0.5, 0.6) is 0 Å². The molecule has 0 nitrogen and oxygen atoms in total. The molecule has 0 bridgehead atoms.